The van der Waals surface area contributed by atoms with Crippen molar-refractivity contribution in [3.8, 4) is 11.5 Å². The molecule has 3 rings (SSSR count). The number of aryl methyl sites for hydroxylation is 1. The largest absolute Gasteiger partial charge is 0.486 e. The molecule has 0 fully saturated rings. The van der Waals surface area contributed by atoms with Gasteiger partial charge in [-0.15, -0.1) is 0 Å². The standard InChI is InChI=1S/C22H27ClN2O3/c1-4-15-5-7-17(8-6-15)19(25(2)3)14-24-21(26)13-16-11-18(23)22-20(12-16)27-9-10-28-22/h5-8,11-12,19H,4,9-10,13-14H2,1-3H3,(H,24,26)/t19-/m1/s1. The molecule has 0 spiro atoms. The summed E-state index contributed by atoms with van der Waals surface area (Å²) < 4.78 is 11.1. The fourth-order valence-electron chi connectivity index (χ4n) is 3.30. The molecule has 0 unspecified atom stereocenters. The molecule has 0 radical (unpaired) electrons. The Bertz CT molecular complexity index is 821. The fourth-order valence-corrected chi connectivity index (χ4v) is 3.59. The van der Waals surface area contributed by atoms with Crippen molar-refractivity contribution in [2.75, 3.05) is 33.9 Å². The van der Waals surface area contributed by atoms with Gasteiger partial charge in [0.05, 0.1) is 17.5 Å². The number of nitrogens with one attached hydrogen (secondary N) is 1. The van der Waals surface area contributed by atoms with E-state index in [1.807, 2.05) is 20.2 Å². The quantitative estimate of drug-likeness (QED) is 0.768. The van der Waals surface area contributed by atoms with Crippen LogP contribution in [0.25, 0.3) is 0 Å². The minimum atomic E-state index is -0.0511. The number of likely N-dealkylation sites (N-methyl/N-ethyl adjacent to an activating group) is 1. The van der Waals surface area contributed by atoms with Crippen molar-refractivity contribution in [2.24, 2.45) is 0 Å². The van der Waals surface area contributed by atoms with E-state index in [4.69, 9.17) is 21.1 Å². The van der Waals surface area contributed by atoms with E-state index in [2.05, 4.69) is 41.4 Å². The summed E-state index contributed by atoms with van der Waals surface area (Å²) in [5.74, 6) is 1.11. The third-order valence-electron chi connectivity index (χ3n) is 4.91. The molecule has 28 heavy (non-hydrogen) atoms. The number of carbonyl (C=O) groups excluding carboxylic acids is 1. The molecule has 1 atom stereocenters. The Kier molecular flexibility index (Phi) is 6.81. The Morgan fingerprint density at radius 2 is 1.86 bits per heavy atom. The second kappa shape index (κ2) is 9.30. The Labute approximate surface area is 171 Å². The van der Waals surface area contributed by atoms with Gasteiger partial charge in [-0.25, -0.2) is 0 Å². The number of hydrogen-bond acceptors (Lipinski definition) is 4. The van der Waals surface area contributed by atoms with Gasteiger partial charge < -0.3 is 19.7 Å². The molecular formula is C22H27ClN2O3. The summed E-state index contributed by atoms with van der Waals surface area (Å²) in [6, 6.07) is 12.3. The number of nitrogens with zero attached hydrogens (tertiary/aromatic N) is 1. The Hall–Kier alpha value is -2.24. The van der Waals surface area contributed by atoms with Crippen LogP contribution in [0.1, 0.15) is 29.7 Å². The molecule has 1 aliphatic heterocycles. The van der Waals surface area contributed by atoms with Gasteiger partial charge in [-0.3, -0.25) is 4.79 Å². The number of carbonyl (C=O) groups is 1. The van der Waals surface area contributed by atoms with Crippen molar-refractivity contribution in [3.63, 3.8) is 0 Å². The van der Waals surface area contributed by atoms with E-state index >= 15 is 0 Å². The maximum Gasteiger partial charge on any atom is 0.224 e. The van der Waals surface area contributed by atoms with Gasteiger partial charge in [0.1, 0.15) is 13.2 Å². The van der Waals surface area contributed by atoms with E-state index in [0.29, 0.717) is 36.3 Å². The van der Waals surface area contributed by atoms with E-state index in [1.165, 1.54) is 11.1 Å². The van der Waals surface area contributed by atoms with Crippen LogP contribution in [0, 0.1) is 0 Å². The molecule has 1 heterocycles. The number of rotatable bonds is 7. The molecule has 5 nitrogen and oxygen atoms in total. The van der Waals surface area contributed by atoms with Crippen LogP contribution in [-0.4, -0.2) is 44.7 Å². The van der Waals surface area contributed by atoms with E-state index in [9.17, 15) is 4.79 Å². The maximum absolute atomic E-state index is 12.5. The average Bonchev–Trinajstić information content (AvgIpc) is 2.68. The Balaban J connectivity index is 1.62. The van der Waals surface area contributed by atoms with Crippen LogP contribution in [0.4, 0.5) is 0 Å². The predicted octanol–water partition coefficient (Wildman–Crippen LogP) is 3.64. The third kappa shape index (κ3) is 4.97. The molecule has 0 aliphatic carbocycles. The lowest BCUT2D eigenvalue weighted by Gasteiger charge is -2.25. The van der Waals surface area contributed by atoms with Gasteiger partial charge in [-0.2, -0.15) is 0 Å². The number of ether oxygens (including phenoxy) is 2. The van der Waals surface area contributed by atoms with Crippen LogP contribution >= 0.6 is 11.6 Å². The van der Waals surface area contributed by atoms with Crippen molar-refractivity contribution >= 4 is 17.5 Å². The zero-order chi connectivity index (χ0) is 20.1. The highest BCUT2D eigenvalue weighted by molar-refractivity contribution is 6.32. The highest BCUT2D eigenvalue weighted by atomic mass is 35.5. The van der Waals surface area contributed by atoms with Gasteiger partial charge in [-0.05, 0) is 49.3 Å². The normalized spacial score (nSPS) is 14.0. The molecule has 0 saturated carbocycles. The monoisotopic (exact) mass is 402 g/mol. The van der Waals surface area contributed by atoms with Crippen molar-refractivity contribution in [2.45, 2.75) is 25.8 Å². The number of halogens is 1. The first-order chi connectivity index (χ1) is 13.5. The van der Waals surface area contributed by atoms with Gasteiger partial charge in [0.25, 0.3) is 0 Å². The molecule has 6 heteroatoms. The molecule has 1 N–H and O–H groups in total. The number of fused-ring (bicyclic) bond motifs is 1. The minimum Gasteiger partial charge on any atom is -0.486 e. The first-order valence-electron chi connectivity index (χ1n) is 9.58. The van der Waals surface area contributed by atoms with Gasteiger partial charge >= 0.3 is 0 Å². The smallest absolute Gasteiger partial charge is 0.224 e. The van der Waals surface area contributed by atoms with Crippen LogP contribution in [0.3, 0.4) is 0 Å². The molecule has 0 aromatic heterocycles. The van der Waals surface area contributed by atoms with Gasteiger partial charge in [0.15, 0.2) is 11.5 Å². The van der Waals surface area contributed by atoms with Crippen LogP contribution in [0.5, 0.6) is 11.5 Å². The van der Waals surface area contributed by atoms with Crippen LogP contribution < -0.4 is 14.8 Å². The van der Waals surface area contributed by atoms with Crippen LogP contribution in [-0.2, 0) is 17.6 Å². The number of benzene rings is 2. The first-order valence-corrected chi connectivity index (χ1v) is 9.95. The summed E-state index contributed by atoms with van der Waals surface area (Å²) in [7, 11) is 4.04. The summed E-state index contributed by atoms with van der Waals surface area (Å²) in [4.78, 5) is 14.6. The highest BCUT2D eigenvalue weighted by Crippen LogP contribution is 2.38. The molecule has 2 aromatic rings. The lowest BCUT2D eigenvalue weighted by Crippen LogP contribution is -2.35. The number of hydrogen-bond donors (Lipinski definition) is 1. The van der Waals surface area contributed by atoms with E-state index in [0.717, 1.165) is 12.0 Å². The van der Waals surface area contributed by atoms with E-state index in [1.54, 1.807) is 6.07 Å². The summed E-state index contributed by atoms with van der Waals surface area (Å²) in [6.07, 6.45) is 1.26. The topological polar surface area (TPSA) is 50.8 Å². The minimum absolute atomic E-state index is 0.0511. The Morgan fingerprint density at radius 1 is 1.14 bits per heavy atom. The first kappa shape index (κ1) is 20.5. The van der Waals surface area contributed by atoms with Gasteiger partial charge in [0, 0.05) is 6.54 Å². The summed E-state index contributed by atoms with van der Waals surface area (Å²) in [5.41, 5.74) is 3.30. The molecule has 1 amide bonds. The summed E-state index contributed by atoms with van der Waals surface area (Å²) in [6.45, 7) is 3.65. The Morgan fingerprint density at radius 3 is 2.54 bits per heavy atom. The lowest BCUT2D eigenvalue weighted by molar-refractivity contribution is -0.120. The zero-order valence-corrected chi connectivity index (χ0v) is 17.4. The van der Waals surface area contributed by atoms with Gasteiger partial charge in [-0.1, -0.05) is 42.8 Å². The molecule has 0 saturated heterocycles. The van der Waals surface area contributed by atoms with E-state index in [-0.39, 0.29) is 18.4 Å². The van der Waals surface area contributed by atoms with E-state index < -0.39 is 0 Å². The SMILES string of the molecule is CCc1ccc([C@@H](CNC(=O)Cc2cc(Cl)c3c(c2)OCCO3)N(C)C)cc1. The predicted molar refractivity (Wildman–Crippen MR) is 111 cm³/mol. The van der Waals surface area contributed by atoms with Crippen molar-refractivity contribution < 1.29 is 14.3 Å². The second-order valence-corrected chi connectivity index (χ2v) is 7.56. The van der Waals surface area contributed by atoms with Gasteiger partial charge in [0.2, 0.25) is 5.91 Å². The molecule has 1 aliphatic rings. The second-order valence-electron chi connectivity index (χ2n) is 7.16. The van der Waals surface area contributed by atoms with Crippen LogP contribution in [0.2, 0.25) is 5.02 Å². The molecule has 0 bridgehead atoms. The van der Waals surface area contributed by atoms with Crippen molar-refractivity contribution in [1.29, 1.82) is 0 Å². The molecular weight excluding hydrogens is 376 g/mol. The zero-order valence-electron chi connectivity index (χ0n) is 16.6. The fraction of sp³-hybridized carbons (Fsp3) is 0.409. The van der Waals surface area contributed by atoms with Crippen LogP contribution in [0.15, 0.2) is 36.4 Å². The summed E-state index contributed by atoms with van der Waals surface area (Å²) in [5, 5.41) is 3.52. The third-order valence-corrected chi connectivity index (χ3v) is 5.19. The van der Waals surface area contributed by atoms with Crippen molar-refractivity contribution in [1.82, 2.24) is 10.2 Å². The number of amides is 1. The lowest BCUT2D eigenvalue weighted by atomic mass is 10.0. The molecule has 2 aromatic carbocycles. The highest BCUT2D eigenvalue weighted by Gasteiger charge is 2.19. The summed E-state index contributed by atoms with van der Waals surface area (Å²) >= 11 is 6.26. The maximum atomic E-state index is 12.5. The average molecular weight is 403 g/mol. The molecule has 150 valence electrons. The van der Waals surface area contributed by atoms with Crippen molar-refractivity contribution in [3.05, 3.63) is 58.1 Å².